The first kappa shape index (κ1) is 9.45. The summed E-state index contributed by atoms with van der Waals surface area (Å²) >= 11 is 2.15. The zero-order valence-electron chi connectivity index (χ0n) is 7.37. The predicted molar refractivity (Wildman–Crippen MR) is 60.2 cm³/mol. The number of nitrogens with one attached hydrogen (secondary N) is 1. The van der Waals surface area contributed by atoms with Gasteiger partial charge in [0, 0.05) is 3.57 Å². The smallest absolute Gasteiger partial charge is 0.340 e. The number of hydrogen-bond donors (Lipinski definition) is 1. The minimum Gasteiger partial charge on any atom is -0.465 e. The number of methoxy groups -OCH3 is 1. The normalized spacial score (nSPS) is 10.4. The molecule has 0 atom stereocenters. The van der Waals surface area contributed by atoms with Crippen LogP contribution in [0.1, 0.15) is 10.4 Å². The number of aromatic amines is 1. The first-order valence-electron chi connectivity index (χ1n) is 3.93. The summed E-state index contributed by atoms with van der Waals surface area (Å²) in [4.78, 5) is 18.4. The van der Waals surface area contributed by atoms with Gasteiger partial charge in [-0.2, -0.15) is 0 Å². The molecule has 72 valence electrons. The number of carbonyl (C=O) groups is 1. The molecule has 0 aliphatic rings. The van der Waals surface area contributed by atoms with Gasteiger partial charge in [-0.25, -0.2) is 9.78 Å². The first-order chi connectivity index (χ1) is 6.72. The van der Waals surface area contributed by atoms with Gasteiger partial charge in [-0.3, -0.25) is 0 Å². The molecule has 0 fully saturated rings. The number of esters is 1. The molecule has 1 aromatic heterocycles. The van der Waals surface area contributed by atoms with Gasteiger partial charge in [-0.05, 0) is 34.7 Å². The summed E-state index contributed by atoms with van der Waals surface area (Å²) in [5, 5.41) is 0. The molecule has 1 N–H and O–H groups in total. The minimum atomic E-state index is -0.361. The lowest BCUT2D eigenvalue weighted by Crippen LogP contribution is -2.02. The van der Waals surface area contributed by atoms with Crippen molar-refractivity contribution in [1.82, 2.24) is 9.97 Å². The number of hydrogen-bond acceptors (Lipinski definition) is 3. The molecule has 0 radical (unpaired) electrons. The fourth-order valence-corrected chi connectivity index (χ4v) is 1.90. The maximum Gasteiger partial charge on any atom is 0.340 e. The third-order valence-electron chi connectivity index (χ3n) is 1.89. The highest BCUT2D eigenvalue weighted by Gasteiger charge is 2.13. The number of H-pyrrole nitrogens is 1. The molecule has 0 aliphatic carbocycles. The van der Waals surface area contributed by atoms with Crippen LogP contribution in [0.4, 0.5) is 0 Å². The van der Waals surface area contributed by atoms with Crippen LogP contribution in [0.5, 0.6) is 0 Å². The quantitative estimate of drug-likeness (QED) is 0.647. The third kappa shape index (κ3) is 1.47. The highest BCUT2D eigenvalue weighted by molar-refractivity contribution is 14.1. The molecule has 2 aromatic rings. The Labute approximate surface area is 93.8 Å². The molecule has 0 aliphatic heterocycles. The van der Waals surface area contributed by atoms with Gasteiger partial charge in [0.05, 0.1) is 24.5 Å². The summed E-state index contributed by atoms with van der Waals surface area (Å²) < 4.78 is 5.64. The average molecular weight is 302 g/mol. The van der Waals surface area contributed by atoms with Crippen molar-refractivity contribution in [3.8, 4) is 0 Å². The van der Waals surface area contributed by atoms with E-state index in [9.17, 15) is 4.79 Å². The van der Waals surface area contributed by atoms with Crippen molar-refractivity contribution in [1.29, 1.82) is 0 Å². The Balaban J connectivity index is 2.72. The monoisotopic (exact) mass is 302 g/mol. The number of nitrogens with zero attached hydrogens (tertiary/aromatic N) is 1. The number of halogens is 1. The third-order valence-corrected chi connectivity index (χ3v) is 2.52. The lowest BCUT2D eigenvalue weighted by molar-refractivity contribution is 0.0602. The van der Waals surface area contributed by atoms with E-state index >= 15 is 0 Å². The van der Waals surface area contributed by atoms with Crippen molar-refractivity contribution in [2.24, 2.45) is 0 Å². The lowest BCUT2D eigenvalue weighted by atomic mass is 10.2. The van der Waals surface area contributed by atoms with Crippen molar-refractivity contribution in [2.75, 3.05) is 7.11 Å². The van der Waals surface area contributed by atoms with Crippen molar-refractivity contribution in [3.05, 3.63) is 27.6 Å². The predicted octanol–water partition coefficient (Wildman–Crippen LogP) is 1.95. The van der Waals surface area contributed by atoms with E-state index in [1.165, 1.54) is 7.11 Å². The van der Waals surface area contributed by atoms with Crippen molar-refractivity contribution >= 4 is 39.6 Å². The van der Waals surface area contributed by atoms with E-state index in [0.717, 1.165) is 9.09 Å². The number of imidazole rings is 1. The molecule has 0 unspecified atom stereocenters. The van der Waals surface area contributed by atoms with E-state index in [1.54, 1.807) is 12.4 Å². The number of fused-ring (bicyclic) bond motifs is 1. The molecule has 0 amide bonds. The molecule has 5 heteroatoms. The van der Waals surface area contributed by atoms with Crippen molar-refractivity contribution < 1.29 is 9.53 Å². The van der Waals surface area contributed by atoms with E-state index in [-0.39, 0.29) is 5.97 Å². The van der Waals surface area contributed by atoms with Crippen LogP contribution in [-0.2, 0) is 4.74 Å². The number of carbonyl (C=O) groups excluding carboxylic acids is 1. The van der Waals surface area contributed by atoms with Crippen LogP contribution in [0.2, 0.25) is 0 Å². The topological polar surface area (TPSA) is 55.0 Å². The minimum absolute atomic E-state index is 0.361. The molecule has 14 heavy (non-hydrogen) atoms. The van der Waals surface area contributed by atoms with Gasteiger partial charge in [0.25, 0.3) is 0 Å². The largest absolute Gasteiger partial charge is 0.465 e. The van der Waals surface area contributed by atoms with Crippen LogP contribution in [-0.4, -0.2) is 23.0 Å². The van der Waals surface area contributed by atoms with Gasteiger partial charge in [-0.1, -0.05) is 0 Å². The second-order valence-corrected chi connectivity index (χ2v) is 3.99. The van der Waals surface area contributed by atoms with E-state index in [1.807, 2.05) is 6.07 Å². The summed E-state index contributed by atoms with van der Waals surface area (Å²) in [5.74, 6) is -0.361. The first-order valence-corrected chi connectivity index (χ1v) is 5.01. The Kier molecular flexibility index (Phi) is 2.40. The second-order valence-electron chi connectivity index (χ2n) is 2.74. The Morgan fingerprint density at radius 3 is 3.07 bits per heavy atom. The van der Waals surface area contributed by atoms with E-state index < -0.39 is 0 Å². The van der Waals surface area contributed by atoms with Crippen LogP contribution >= 0.6 is 22.6 Å². The summed E-state index contributed by atoms with van der Waals surface area (Å²) in [7, 11) is 1.36. The zero-order valence-corrected chi connectivity index (χ0v) is 9.53. The van der Waals surface area contributed by atoms with Crippen LogP contribution < -0.4 is 0 Å². The highest BCUT2D eigenvalue weighted by atomic mass is 127. The number of ether oxygens (including phenoxy) is 1. The van der Waals surface area contributed by atoms with E-state index in [0.29, 0.717) is 11.1 Å². The Hall–Kier alpha value is -1.11. The van der Waals surface area contributed by atoms with Gasteiger partial charge in [-0.15, -0.1) is 0 Å². The molecule has 0 spiro atoms. The number of rotatable bonds is 1. The molecule has 0 saturated carbocycles. The second kappa shape index (κ2) is 3.56. The van der Waals surface area contributed by atoms with Crippen molar-refractivity contribution in [3.63, 3.8) is 0 Å². The maximum atomic E-state index is 11.4. The Bertz CT molecular complexity index is 493. The van der Waals surface area contributed by atoms with Crippen LogP contribution in [0.25, 0.3) is 11.0 Å². The standard InChI is InChI=1S/C9H7IN2O2/c1-14-9(13)6-2-5(10)3-7-8(6)12-4-11-7/h2-4H,1H3,(H,11,12). The van der Waals surface area contributed by atoms with Gasteiger partial charge < -0.3 is 9.72 Å². The zero-order chi connectivity index (χ0) is 10.1. The summed E-state index contributed by atoms with van der Waals surface area (Å²) in [6.45, 7) is 0. The molecule has 0 saturated heterocycles. The maximum absolute atomic E-state index is 11.4. The Morgan fingerprint density at radius 2 is 2.36 bits per heavy atom. The van der Waals surface area contributed by atoms with Crippen LogP contribution in [0.3, 0.4) is 0 Å². The lowest BCUT2D eigenvalue weighted by Gasteiger charge is -2.00. The van der Waals surface area contributed by atoms with E-state index in [4.69, 9.17) is 0 Å². The van der Waals surface area contributed by atoms with E-state index in [2.05, 4.69) is 37.3 Å². The average Bonchev–Trinajstić information content (AvgIpc) is 2.62. The molecule has 1 heterocycles. The van der Waals surface area contributed by atoms with Crippen LogP contribution in [0, 0.1) is 3.57 Å². The summed E-state index contributed by atoms with van der Waals surface area (Å²) in [5.41, 5.74) is 1.99. The number of benzene rings is 1. The van der Waals surface area contributed by atoms with Crippen molar-refractivity contribution in [2.45, 2.75) is 0 Å². The van der Waals surface area contributed by atoms with Gasteiger partial charge in [0.15, 0.2) is 0 Å². The number of aromatic nitrogens is 2. The van der Waals surface area contributed by atoms with Gasteiger partial charge >= 0.3 is 5.97 Å². The van der Waals surface area contributed by atoms with Gasteiger partial charge in [0.1, 0.15) is 5.52 Å². The van der Waals surface area contributed by atoms with Gasteiger partial charge in [0.2, 0.25) is 0 Å². The molecular weight excluding hydrogens is 295 g/mol. The fraction of sp³-hybridized carbons (Fsp3) is 0.111. The molecular formula is C9H7IN2O2. The summed E-state index contributed by atoms with van der Waals surface area (Å²) in [6.07, 6.45) is 1.56. The Morgan fingerprint density at radius 1 is 1.57 bits per heavy atom. The fourth-order valence-electron chi connectivity index (χ4n) is 1.28. The molecule has 1 aromatic carbocycles. The SMILES string of the molecule is COC(=O)c1cc(I)cc2[nH]cnc12. The van der Waals surface area contributed by atoms with Crippen LogP contribution in [0.15, 0.2) is 18.5 Å². The molecule has 0 bridgehead atoms. The summed E-state index contributed by atoms with van der Waals surface area (Å²) in [6, 6.07) is 3.69. The molecule has 2 rings (SSSR count). The molecule has 4 nitrogen and oxygen atoms in total. The highest BCUT2D eigenvalue weighted by Crippen LogP contribution is 2.19.